The summed E-state index contributed by atoms with van der Waals surface area (Å²) in [7, 11) is 0. The Morgan fingerprint density at radius 1 is 1.53 bits per heavy atom. The molecule has 5 heteroatoms. The molecule has 0 fully saturated rings. The SMILES string of the molecule is CCC(C)(CCN)NC(=O)c1ccc(=O)[nH]c1. The fourth-order valence-corrected chi connectivity index (χ4v) is 1.54. The molecular formula is C12H19N3O2. The van der Waals surface area contributed by atoms with E-state index in [0.29, 0.717) is 12.1 Å². The van der Waals surface area contributed by atoms with Gasteiger partial charge in [-0.3, -0.25) is 9.59 Å². The molecule has 0 aliphatic rings. The molecule has 0 saturated carbocycles. The fraction of sp³-hybridized carbons (Fsp3) is 0.500. The minimum absolute atomic E-state index is 0.195. The molecule has 5 nitrogen and oxygen atoms in total. The molecule has 1 aromatic rings. The molecular weight excluding hydrogens is 218 g/mol. The van der Waals surface area contributed by atoms with E-state index < -0.39 is 0 Å². The number of amides is 1. The fourth-order valence-electron chi connectivity index (χ4n) is 1.54. The van der Waals surface area contributed by atoms with Crippen LogP contribution in [-0.2, 0) is 0 Å². The molecule has 94 valence electrons. The van der Waals surface area contributed by atoms with E-state index in [9.17, 15) is 9.59 Å². The summed E-state index contributed by atoms with van der Waals surface area (Å²) in [5.41, 5.74) is 5.45. The average Bonchev–Trinajstić information content (AvgIpc) is 2.30. The molecule has 0 aliphatic heterocycles. The third-order valence-corrected chi connectivity index (χ3v) is 2.94. The van der Waals surface area contributed by atoms with Crippen LogP contribution in [0.3, 0.4) is 0 Å². The average molecular weight is 237 g/mol. The molecule has 1 unspecified atom stereocenters. The van der Waals surface area contributed by atoms with E-state index in [1.165, 1.54) is 18.3 Å². The van der Waals surface area contributed by atoms with Crippen LogP contribution in [0, 0.1) is 0 Å². The number of rotatable bonds is 5. The molecule has 0 aromatic carbocycles. The highest BCUT2D eigenvalue weighted by Crippen LogP contribution is 2.14. The zero-order valence-corrected chi connectivity index (χ0v) is 10.2. The summed E-state index contributed by atoms with van der Waals surface area (Å²) in [6.45, 7) is 4.49. The predicted molar refractivity (Wildman–Crippen MR) is 66.9 cm³/mol. The number of aromatic nitrogens is 1. The van der Waals surface area contributed by atoms with Crippen LogP contribution >= 0.6 is 0 Å². The van der Waals surface area contributed by atoms with Crippen LogP contribution < -0.4 is 16.6 Å². The third kappa shape index (κ3) is 3.71. The molecule has 1 rings (SSSR count). The second-order valence-electron chi connectivity index (χ2n) is 4.35. The summed E-state index contributed by atoms with van der Waals surface area (Å²) >= 11 is 0. The van der Waals surface area contributed by atoms with Crippen LogP contribution in [0.15, 0.2) is 23.1 Å². The van der Waals surface area contributed by atoms with Crippen molar-refractivity contribution in [1.82, 2.24) is 10.3 Å². The van der Waals surface area contributed by atoms with Gasteiger partial charge in [0.15, 0.2) is 0 Å². The monoisotopic (exact) mass is 237 g/mol. The van der Waals surface area contributed by atoms with Crippen molar-refractivity contribution in [2.24, 2.45) is 5.73 Å². The molecule has 1 amide bonds. The maximum absolute atomic E-state index is 11.9. The molecule has 1 atom stereocenters. The number of H-pyrrole nitrogens is 1. The highest BCUT2D eigenvalue weighted by molar-refractivity contribution is 5.94. The van der Waals surface area contributed by atoms with Gasteiger partial charge in [0.1, 0.15) is 0 Å². The van der Waals surface area contributed by atoms with E-state index in [0.717, 1.165) is 12.8 Å². The molecule has 1 aromatic heterocycles. The quantitative estimate of drug-likeness (QED) is 0.701. The Morgan fingerprint density at radius 3 is 2.71 bits per heavy atom. The maximum atomic E-state index is 11.9. The van der Waals surface area contributed by atoms with E-state index in [4.69, 9.17) is 5.73 Å². The summed E-state index contributed by atoms with van der Waals surface area (Å²) in [5, 5.41) is 2.94. The van der Waals surface area contributed by atoms with Gasteiger partial charge in [-0.25, -0.2) is 0 Å². The zero-order valence-electron chi connectivity index (χ0n) is 10.2. The molecule has 0 bridgehead atoms. The van der Waals surface area contributed by atoms with Gasteiger partial charge in [-0.05, 0) is 32.4 Å². The van der Waals surface area contributed by atoms with Gasteiger partial charge in [0, 0.05) is 17.8 Å². The van der Waals surface area contributed by atoms with Gasteiger partial charge in [-0.1, -0.05) is 6.92 Å². The first-order valence-electron chi connectivity index (χ1n) is 5.72. The van der Waals surface area contributed by atoms with Crippen molar-refractivity contribution in [3.63, 3.8) is 0 Å². The van der Waals surface area contributed by atoms with Crippen LogP contribution in [-0.4, -0.2) is 23.0 Å². The Labute approximate surface area is 100 Å². The number of aromatic amines is 1. The Hall–Kier alpha value is -1.62. The Bertz CT molecular complexity index is 421. The Morgan fingerprint density at radius 2 is 2.24 bits per heavy atom. The van der Waals surface area contributed by atoms with Crippen molar-refractivity contribution in [3.8, 4) is 0 Å². The lowest BCUT2D eigenvalue weighted by molar-refractivity contribution is 0.0899. The highest BCUT2D eigenvalue weighted by atomic mass is 16.2. The van der Waals surface area contributed by atoms with E-state index in [1.54, 1.807) is 0 Å². The van der Waals surface area contributed by atoms with Gasteiger partial charge in [0.25, 0.3) is 5.91 Å². The van der Waals surface area contributed by atoms with E-state index >= 15 is 0 Å². The standard InChI is InChI=1S/C12H19N3O2/c1-3-12(2,6-7-13)15-11(17)9-4-5-10(16)14-8-9/h4-5,8H,3,6-7,13H2,1-2H3,(H,14,16)(H,15,17). The van der Waals surface area contributed by atoms with Crippen molar-refractivity contribution in [2.75, 3.05) is 6.54 Å². The van der Waals surface area contributed by atoms with Crippen molar-refractivity contribution in [2.45, 2.75) is 32.2 Å². The summed E-state index contributed by atoms with van der Waals surface area (Å²) in [6, 6.07) is 2.84. The van der Waals surface area contributed by atoms with E-state index in [1.807, 2.05) is 13.8 Å². The second kappa shape index (κ2) is 5.63. The van der Waals surface area contributed by atoms with Crippen LogP contribution in [0.4, 0.5) is 0 Å². The first-order chi connectivity index (χ1) is 8.00. The van der Waals surface area contributed by atoms with E-state index in [2.05, 4.69) is 10.3 Å². The van der Waals surface area contributed by atoms with Gasteiger partial charge < -0.3 is 16.0 Å². The predicted octanol–water partition coefficient (Wildman–Crippen LogP) is 0.622. The van der Waals surface area contributed by atoms with Gasteiger partial charge in [-0.2, -0.15) is 0 Å². The molecule has 17 heavy (non-hydrogen) atoms. The third-order valence-electron chi connectivity index (χ3n) is 2.94. The van der Waals surface area contributed by atoms with Gasteiger partial charge in [0.05, 0.1) is 5.56 Å². The Balaban J connectivity index is 2.77. The van der Waals surface area contributed by atoms with Gasteiger partial charge in [-0.15, -0.1) is 0 Å². The molecule has 0 saturated heterocycles. The summed E-state index contributed by atoms with van der Waals surface area (Å²) in [4.78, 5) is 25.3. The smallest absolute Gasteiger partial charge is 0.253 e. The zero-order chi connectivity index (χ0) is 12.9. The van der Waals surface area contributed by atoms with Crippen LogP contribution in [0.1, 0.15) is 37.0 Å². The van der Waals surface area contributed by atoms with Crippen LogP contribution in [0.5, 0.6) is 0 Å². The minimum atomic E-state index is -0.304. The van der Waals surface area contributed by atoms with Crippen LogP contribution in [0.25, 0.3) is 0 Å². The minimum Gasteiger partial charge on any atom is -0.347 e. The summed E-state index contributed by atoms with van der Waals surface area (Å²) in [6.07, 6.45) is 2.94. The van der Waals surface area contributed by atoms with Gasteiger partial charge in [0.2, 0.25) is 5.56 Å². The van der Waals surface area contributed by atoms with Crippen molar-refractivity contribution in [1.29, 1.82) is 0 Å². The number of nitrogens with two attached hydrogens (primary N) is 1. The number of carbonyl (C=O) groups excluding carboxylic acids is 1. The number of carbonyl (C=O) groups is 1. The lowest BCUT2D eigenvalue weighted by Crippen LogP contribution is -2.46. The van der Waals surface area contributed by atoms with Crippen LogP contribution in [0.2, 0.25) is 0 Å². The first-order valence-corrected chi connectivity index (χ1v) is 5.72. The van der Waals surface area contributed by atoms with Gasteiger partial charge >= 0.3 is 0 Å². The summed E-state index contributed by atoms with van der Waals surface area (Å²) in [5.74, 6) is -0.195. The highest BCUT2D eigenvalue weighted by Gasteiger charge is 2.23. The first kappa shape index (κ1) is 13.4. The van der Waals surface area contributed by atoms with Crippen molar-refractivity contribution >= 4 is 5.91 Å². The van der Waals surface area contributed by atoms with Crippen molar-refractivity contribution < 1.29 is 4.79 Å². The molecule has 0 radical (unpaired) electrons. The number of hydrogen-bond acceptors (Lipinski definition) is 3. The second-order valence-corrected chi connectivity index (χ2v) is 4.35. The molecule has 1 heterocycles. The van der Waals surface area contributed by atoms with Crippen molar-refractivity contribution in [3.05, 3.63) is 34.2 Å². The largest absolute Gasteiger partial charge is 0.347 e. The van der Waals surface area contributed by atoms with E-state index in [-0.39, 0.29) is 17.0 Å². The molecule has 0 spiro atoms. The number of hydrogen-bond donors (Lipinski definition) is 3. The topological polar surface area (TPSA) is 88.0 Å². The lowest BCUT2D eigenvalue weighted by Gasteiger charge is -2.29. The number of pyridine rings is 1. The molecule has 0 aliphatic carbocycles. The Kier molecular flexibility index (Phi) is 4.45. The maximum Gasteiger partial charge on any atom is 0.253 e. The molecule has 4 N–H and O–H groups in total. The normalized spacial score (nSPS) is 14.1. The summed E-state index contributed by atoms with van der Waals surface area (Å²) < 4.78 is 0. The lowest BCUT2D eigenvalue weighted by atomic mass is 9.94. The number of nitrogens with one attached hydrogen (secondary N) is 2.